The molecule has 0 saturated carbocycles. The molecule has 0 radical (unpaired) electrons. The predicted octanol–water partition coefficient (Wildman–Crippen LogP) is 4.27. The average Bonchev–Trinajstić information content (AvgIpc) is 2.56. The third-order valence-electron chi connectivity index (χ3n) is 3.47. The monoisotopic (exact) mass is 417 g/mol. The number of nitrogens with one attached hydrogen (secondary N) is 1. The number of anilines is 1. The standard InChI is InChI=1S/C18H16BrN3O2S/c1-10-4-5-14(7-16(10)19)22-17(24)9-25-18-13(8-20)6-15(12(3)23)11(2)21-18/h4-7H,9H2,1-3H3,(H,22,24). The highest BCUT2D eigenvalue weighted by Gasteiger charge is 2.14. The summed E-state index contributed by atoms with van der Waals surface area (Å²) in [6.45, 7) is 5.12. The summed E-state index contributed by atoms with van der Waals surface area (Å²) in [5.41, 5.74) is 3.05. The largest absolute Gasteiger partial charge is 0.325 e. The van der Waals surface area contributed by atoms with E-state index in [0.29, 0.717) is 27.5 Å². The van der Waals surface area contributed by atoms with Gasteiger partial charge < -0.3 is 5.32 Å². The second-order valence-corrected chi connectivity index (χ2v) is 7.26. The van der Waals surface area contributed by atoms with Gasteiger partial charge in [0.1, 0.15) is 11.1 Å². The van der Waals surface area contributed by atoms with Gasteiger partial charge in [0, 0.05) is 21.4 Å². The van der Waals surface area contributed by atoms with Crippen molar-refractivity contribution in [1.29, 1.82) is 5.26 Å². The number of thioether (sulfide) groups is 1. The lowest BCUT2D eigenvalue weighted by atomic mass is 10.1. The zero-order valence-corrected chi connectivity index (χ0v) is 16.4. The maximum absolute atomic E-state index is 12.1. The molecule has 0 aliphatic heterocycles. The minimum atomic E-state index is -0.195. The molecule has 0 aliphatic rings. The van der Waals surface area contributed by atoms with E-state index in [0.717, 1.165) is 10.0 Å². The molecule has 0 fully saturated rings. The number of carbonyl (C=O) groups is 2. The molecule has 128 valence electrons. The quantitative estimate of drug-likeness (QED) is 0.579. The Morgan fingerprint density at radius 2 is 2.04 bits per heavy atom. The number of hydrogen-bond acceptors (Lipinski definition) is 5. The minimum absolute atomic E-state index is 0.117. The summed E-state index contributed by atoms with van der Waals surface area (Å²) in [5, 5.41) is 12.5. The number of Topliss-reactive ketones (excluding diaryl/α,β-unsaturated/α-hetero) is 1. The molecule has 2 rings (SSSR count). The average molecular weight is 418 g/mol. The van der Waals surface area contributed by atoms with Gasteiger partial charge in [0.25, 0.3) is 0 Å². The highest BCUT2D eigenvalue weighted by atomic mass is 79.9. The number of ketones is 1. The Balaban J connectivity index is 2.09. The van der Waals surface area contributed by atoms with E-state index in [4.69, 9.17) is 0 Å². The molecular formula is C18H16BrN3O2S. The number of aryl methyl sites for hydroxylation is 2. The second-order valence-electron chi connectivity index (χ2n) is 5.44. The first kappa shape index (κ1) is 19.2. The fraction of sp³-hybridized carbons (Fsp3) is 0.222. The molecule has 0 unspecified atom stereocenters. The summed E-state index contributed by atoms with van der Waals surface area (Å²) in [4.78, 5) is 28.0. The van der Waals surface area contributed by atoms with Crippen molar-refractivity contribution < 1.29 is 9.59 Å². The van der Waals surface area contributed by atoms with Crippen molar-refractivity contribution >= 4 is 45.1 Å². The van der Waals surface area contributed by atoms with E-state index in [1.54, 1.807) is 6.92 Å². The Morgan fingerprint density at radius 3 is 2.64 bits per heavy atom. The Kier molecular flexibility index (Phi) is 6.34. The molecule has 1 heterocycles. The number of hydrogen-bond donors (Lipinski definition) is 1. The summed E-state index contributed by atoms with van der Waals surface area (Å²) in [5.74, 6) is -0.216. The second kappa shape index (κ2) is 8.28. The SMILES string of the molecule is CC(=O)c1cc(C#N)c(SCC(=O)Nc2ccc(C)c(Br)c2)nc1C. The maximum Gasteiger partial charge on any atom is 0.234 e. The van der Waals surface area contributed by atoms with E-state index in [9.17, 15) is 14.9 Å². The number of nitriles is 1. The van der Waals surface area contributed by atoms with E-state index in [-0.39, 0.29) is 17.4 Å². The predicted molar refractivity (Wildman–Crippen MR) is 102 cm³/mol. The highest BCUT2D eigenvalue weighted by molar-refractivity contribution is 9.10. The molecule has 5 nitrogen and oxygen atoms in total. The zero-order chi connectivity index (χ0) is 18.6. The van der Waals surface area contributed by atoms with Gasteiger partial charge in [-0.1, -0.05) is 33.8 Å². The summed E-state index contributed by atoms with van der Waals surface area (Å²) < 4.78 is 0.918. The first-order chi connectivity index (χ1) is 11.8. The normalized spacial score (nSPS) is 10.2. The summed E-state index contributed by atoms with van der Waals surface area (Å²) >= 11 is 4.60. The van der Waals surface area contributed by atoms with Crippen molar-refractivity contribution in [3.05, 3.63) is 51.1 Å². The molecule has 0 atom stereocenters. The van der Waals surface area contributed by atoms with Crippen LogP contribution in [0.4, 0.5) is 5.69 Å². The molecule has 0 aliphatic carbocycles. The molecule has 25 heavy (non-hydrogen) atoms. The molecule has 1 N–H and O–H groups in total. The summed E-state index contributed by atoms with van der Waals surface area (Å²) in [6.07, 6.45) is 0. The Hall–Kier alpha value is -2.17. The number of nitrogens with zero attached hydrogens (tertiary/aromatic N) is 2. The lowest BCUT2D eigenvalue weighted by Crippen LogP contribution is -2.14. The molecule has 0 saturated heterocycles. The van der Waals surface area contributed by atoms with Gasteiger partial charge in [-0.2, -0.15) is 5.26 Å². The van der Waals surface area contributed by atoms with Gasteiger partial charge >= 0.3 is 0 Å². The zero-order valence-electron chi connectivity index (χ0n) is 14.0. The van der Waals surface area contributed by atoms with E-state index in [2.05, 4.69) is 26.2 Å². The van der Waals surface area contributed by atoms with Gasteiger partial charge in [0.2, 0.25) is 5.91 Å². The van der Waals surface area contributed by atoms with Gasteiger partial charge in [0.15, 0.2) is 5.78 Å². The minimum Gasteiger partial charge on any atom is -0.325 e. The molecule has 1 amide bonds. The maximum atomic E-state index is 12.1. The van der Waals surface area contributed by atoms with Crippen LogP contribution in [0.3, 0.4) is 0 Å². The molecule has 0 bridgehead atoms. The number of rotatable bonds is 5. The van der Waals surface area contributed by atoms with Crippen molar-refractivity contribution in [3.63, 3.8) is 0 Å². The van der Waals surface area contributed by atoms with E-state index < -0.39 is 0 Å². The summed E-state index contributed by atoms with van der Waals surface area (Å²) in [6, 6.07) is 9.13. The van der Waals surface area contributed by atoms with Crippen LogP contribution in [0.2, 0.25) is 0 Å². The highest BCUT2D eigenvalue weighted by Crippen LogP contribution is 2.24. The lowest BCUT2D eigenvalue weighted by Gasteiger charge is -2.09. The van der Waals surface area contributed by atoms with Crippen molar-refractivity contribution in [2.75, 3.05) is 11.1 Å². The number of aromatic nitrogens is 1. The van der Waals surface area contributed by atoms with Crippen LogP contribution in [0.1, 0.15) is 34.1 Å². The van der Waals surface area contributed by atoms with Gasteiger partial charge in [-0.05, 0) is 44.5 Å². The van der Waals surface area contributed by atoms with Crippen LogP contribution in [-0.2, 0) is 4.79 Å². The lowest BCUT2D eigenvalue weighted by molar-refractivity contribution is -0.113. The first-order valence-corrected chi connectivity index (χ1v) is 9.21. The molecule has 7 heteroatoms. The fourth-order valence-electron chi connectivity index (χ4n) is 2.13. The Morgan fingerprint density at radius 1 is 1.32 bits per heavy atom. The van der Waals surface area contributed by atoms with Crippen molar-refractivity contribution in [2.24, 2.45) is 0 Å². The smallest absolute Gasteiger partial charge is 0.234 e. The Labute approximate surface area is 159 Å². The number of halogens is 1. The van der Waals surface area contributed by atoms with Crippen LogP contribution in [0.15, 0.2) is 33.8 Å². The fourth-order valence-corrected chi connectivity index (χ4v) is 3.31. The number of pyridine rings is 1. The molecule has 2 aromatic rings. The first-order valence-electron chi connectivity index (χ1n) is 7.43. The number of carbonyl (C=O) groups excluding carboxylic acids is 2. The van der Waals surface area contributed by atoms with Gasteiger partial charge in [0.05, 0.1) is 11.3 Å². The van der Waals surface area contributed by atoms with Crippen LogP contribution in [0.5, 0.6) is 0 Å². The number of benzene rings is 1. The van der Waals surface area contributed by atoms with Crippen molar-refractivity contribution in [2.45, 2.75) is 25.8 Å². The topological polar surface area (TPSA) is 82.8 Å². The Bertz CT molecular complexity index is 891. The van der Waals surface area contributed by atoms with Crippen LogP contribution in [0.25, 0.3) is 0 Å². The van der Waals surface area contributed by atoms with Gasteiger partial charge in [-0.3, -0.25) is 9.59 Å². The van der Waals surface area contributed by atoms with E-state index >= 15 is 0 Å². The van der Waals surface area contributed by atoms with Gasteiger partial charge in [-0.25, -0.2) is 4.98 Å². The number of amides is 1. The molecule has 0 spiro atoms. The van der Waals surface area contributed by atoms with Gasteiger partial charge in [-0.15, -0.1) is 0 Å². The van der Waals surface area contributed by atoms with Crippen molar-refractivity contribution in [3.8, 4) is 6.07 Å². The van der Waals surface area contributed by atoms with Crippen LogP contribution in [0, 0.1) is 25.2 Å². The molecular weight excluding hydrogens is 402 g/mol. The van der Waals surface area contributed by atoms with E-state index in [1.165, 1.54) is 24.8 Å². The third-order valence-corrected chi connectivity index (χ3v) is 5.32. The van der Waals surface area contributed by atoms with E-state index in [1.807, 2.05) is 31.2 Å². The third kappa shape index (κ3) is 4.91. The van der Waals surface area contributed by atoms with Crippen LogP contribution >= 0.6 is 27.7 Å². The summed E-state index contributed by atoms with van der Waals surface area (Å²) in [7, 11) is 0. The van der Waals surface area contributed by atoms with Crippen molar-refractivity contribution in [1.82, 2.24) is 4.98 Å². The molecule has 1 aromatic carbocycles. The van der Waals surface area contributed by atoms with Crippen LogP contribution < -0.4 is 5.32 Å². The van der Waals surface area contributed by atoms with Crippen LogP contribution in [-0.4, -0.2) is 22.4 Å². The molecule has 1 aromatic heterocycles.